The van der Waals surface area contributed by atoms with Crippen molar-refractivity contribution in [2.75, 3.05) is 0 Å². The van der Waals surface area contributed by atoms with Crippen molar-refractivity contribution in [2.24, 2.45) is 29.1 Å². The normalized spacial score (nSPS) is 18.4. The van der Waals surface area contributed by atoms with Gasteiger partial charge in [0.1, 0.15) is 0 Å². The van der Waals surface area contributed by atoms with Gasteiger partial charge in [-0.3, -0.25) is 0 Å². The van der Waals surface area contributed by atoms with Crippen LogP contribution in [0.15, 0.2) is 0 Å². The van der Waals surface area contributed by atoms with Gasteiger partial charge in [-0.05, 0) is 54.8 Å². The van der Waals surface area contributed by atoms with Crippen molar-refractivity contribution in [3.05, 3.63) is 0 Å². The lowest BCUT2D eigenvalue weighted by Gasteiger charge is -2.42. The topological polar surface area (TPSA) is 0 Å². The molecule has 0 aliphatic carbocycles. The van der Waals surface area contributed by atoms with Crippen LogP contribution in [-0.4, -0.2) is 0 Å². The summed E-state index contributed by atoms with van der Waals surface area (Å²) in [5.41, 5.74) is 0.606. The van der Waals surface area contributed by atoms with Gasteiger partial charge in [0.2, 0.25) is 0 Å². The molecule has 0 saturated carbocycles. The van der Waals surface area contributed by atoms with Gasteiger partial charge in [0, 0.05) is 0 Å². The second-order valence-electron chi connectivity index (χ2n) is 9.48. The molecule has 146 valence electrons. The zero-order valence-corrected chi connectivity index (χ0v) is 18.6. The van der Waals surface area contributed by atoms with Gasteiger partial charge in [-0.15, -0.1) is 0 Å². The molecule has 0 heteroatoms. The Morgan fingerprint density at radius 1 is 0.667 bits per heavy atom. The minimum absolute atomic E-state index is 0.606. The molecule has 0 nitrogen and oxygen atoms in total. The standard InChI is InChI=1S/C24H50/c1-9-13-22(7)19-23(8)24(16-10-2,17-12-14-20(4)5)18-15-21(6)11-3/h20-23H,9-19H2,1-8H3. The maximum absolute atomic E-state index is 2.59. The largest absolute Gasteiger partial charge is 0.0654 e. The molecule has 0 aliphatic rings. The predicted molar refractivity (Wildman–Crippen MR) is 113 cm³/mol. The average molecular weight is 339 g/mol. The molecule has 0 aromatic carbocycles. The van der Waals surface area contributed by atoms with Gasteiger partial charge >= 0.3 is 0 Å². The highest BCUT2D eigenvalue weighted by Gasteiger charge is 2.35. The van der Waals surface area contributed by atoms with Crippen molar-refractivity contribution < 1.29 is 0 Å². The Hall–Kier alpha value is 0. The first kappa shape index (κ1) is 24.0. The van der Waals surface area contributed by atoms with Crippen LogP contribution in [0.1, 0.15) is 126 Å². The molecule has 0 aromatic heterocycles. The third kappa shape index (κ3) is 9.47. The molecule has 0 bridgehead atoms. The summed E-state index contributed by atoms with van der Waals surface area (Å²) >= 11 is 0. The fourth-order valence-corrected chi connectivity index (χ4v) is 4.68. The molecular formula is C24H50. The Bertz CT molecular complexity index is 280. The smallest absolute Gasteiger partial charge is 0.0272 e. The average Bonchev–Trinajstić information content (AvgIpc) is 2.51. The molecule has 0 heterocycles. The summed E-state index contributed by atoms with van der Waals surface area (Å²) in [6.45, 7) is 19.4. The first-order valence-corrected chi connectivity index (χ1v) is 11.3. The molecule has 4 unspecified atom stereocenters. The van der Waals surface area contributed by atoms with Gasteiger partial charge < -0.3 is 0 Å². The van der Waals surface area contributed by atoms with E-state index in [0.717, 1.165) is 23.7 Å². The highest BCUT2D eigenvalue weighted by Crippen LogP contribution is 2.46. The van der Waals surface area contributed by atoms with Crippen LogP contribution in [-0.2, 0) is 0 Å². The van der Waals surface area contributed by atoms with Crippen LogP contribution in [0.3, 0.4) is 0 Å². The van der Waals surface area contributed by atoms with E-state index < -0.39 is 0 Å². The molecule has 0 fully saturated rings. The first-order chi connectivity index (χ1) is 11.3. The number of hydrogen-bond donors (Lipinski definition) is 0. The fraction of sp³-hybridized carbons (Fsp3) is 1.00. The molecule has 4 atom stereocenters. The van der Waals surface area contributed by atoms with Gasteiger partial charge in [-0.2, -0.15) is 0 Å². The monoisotopic (exact) mass is 338 g/mol. The highest BCUT2D eigenvalue weighted by molar-refractivity contribution is 4.86. The Morgan fingerprint density at radius 3 is 1.83 bits per heavy atom. The molecule has 0 rings (SSSR count). The van der Waals surface area contributed by atoms with Gasteiger partial charge in [0.25, 0.3) is 0 Å². The summed E-state index contributed by atoms with van der Waals surface area (Å²) < 4.78 is 0. The van der Waals surface area contributed by atoms with Crippen LogP contribution >= 0.6 is 0 Å². The Balaban J connectivity index is 5.06. The van der Waals surface area contributed by atoms with Crippen LogP contribution in [0.4, 0.5) is 0 Å². The predicted octanol–water partition coefficient (Wildman–Crippen LogP) is 8.89. The van der Waals surface area contributed by atoms with E-state index in [0.29, 0.717) is 5.41 Å². The van der Waals surface area contributed by atoms with Crippen molar-refractivity contribution in [1.29, 1.82) is 0 Å². The molecule has 0 aliphatic heterocycles. The van der Waals surface area contributed by atoms with Crippen LogP contribution in [0.2, 0.25) is 0 Å². The summed E-state index contributed by atoms with van der Waals surface area (Å²) in [5.74, 6) is 3.53. The van der Waals surface area contributed by atoms with E-state index in [1.807, 2.05) is 0 Å². The van der Waals surface area contributed by atoms with E-state index in [9.17, 15) is 0 Å². The molecular weight excluding hydrogens is 288 g/mol. The minimum Gasteiger partial charge on any atom is -0.0654 e. The van der Waals surface area contributed by atoms with E-state index in [1.165, 1.54) is 70.6 Å². The summed E-state index contributed by atoms with van der Waals surface area (Å²) in [6, 6.07) is 0. The van der Waals surface area contributed by atoms with Crippen LogP contribution in [0.25, 0.3) is 0 Å². The third-order valence-corrected chi connectivity index (χ3v) is 6.62. The Labute approximate surface area is 155 Å². The zero-order chi connectivity index (χ0) is 18.6. The van der Waals surface area contributed by atoms with Gasteiger partial charge in [0.15, 0.2) is 0 Å². The lowest BCUT2D eigenvalue weighted by molar-refractivity contribution is 0.0892. The van der Waals surface area contributed by atoms with E-state index >= 15 is 0 Å². The maximum atomic E-state index is 2.59. The van der Waals surface area contributed by atoms with Crippen molar-refractivity contribution in [2.45, 2.75) is 126 Å². The molecule has 0 N–H and O–H groups in total. The molecule has 0 amide bonds. The summed E-state index contributed by atoms with van der Waals surface area (Å²) in [4.78, 5) is 0. The quantitative estimate of drug-likeness (QED) is 0.279. The molecule has 24 heavy (non-hydrogen) atoms. The van der Waals surface area contributed by atoms with Crippen molar-refractivity contribution in [3.63, 3.8) is 0 Å². The van der Waals surface area contributed by atoms with E-state index in [4.69, 9.17) is 0 Å². The summed E-state index contributed by atoms with van der Waals surface area (Å²) in [5, 5.41) is 0. The summed E-state index contributed by atoms with van der Waals surface area (Å²) in [6.07, 6.45) is 15.5. The van der Waals surface area contributed by atoms with Gasteiger partial charge in [-0.25, -0.2) is 0 Å². The Morgan fingerprint density at radius 2 is 1.33 bits per heavy atom. The lowest BCUT2D eigenvalue weighted by atomic mass is 9.63. The van der Waals surface area contributed by atoms with E-state index in [2.05, 4.69) is 55.4 Å². The first-order valence-electron chi connectivity index (χ1n) is 11.3. The van der Waals surface area contributed by atoms with E-state index in [-0.39, 0.29) is 0 Å². The highest BCUT2D eigenvalue weighted by atomic mass is 14.4. The number of rotatable bonds is 15. The minimum atomic E-state index is 0.606. The fourth-order valence-electron chi connectivity index (χ4n) is 4.68. The van der Waals surface area contributed by atoms with Crippen LogP contribution < -0.4 is 0 Å². The van der Waals surface area contributed by atoms with Crippen molar-refractivity contribution in [3.8, 4) is 0 Å². The van der Waals surface area contributed by atoms with Crippen LogP contribution in [0.5, 0.6) is 0 Å². The van der Waals surface area contributed by atoms with Gasteiger partial charge in [0.05, 0.1) is 0 Å². The van der Waals surface area contributed by atoms with Crippen LogP contribution in [0, 0.1) is 29.1 Å². The van der Waals surface area contributed by atoms with Gasteiger partial charge in [-0.1, -0.05) is 100 Å². The lowest BCUT2D eigenvalue weighted by Crippen LogP contribution is -2.31. The Kier molecular flexibility index (Phi) is 13.2. The third-order valence-electron chi connectivity index (χ3n) is 6.62. The molecule has 0 aromatic rings. The van der Waals surface area contributed by atoms with E-state index in [1.54, 1.807) is 0 Å². The number of hydrogen-bond acceptors (Lipinski definition) is 0. The second kappa shape index (κ2) is 13.2. The zero-order valence-electron chi connectivity index (χ0n) is 18.6. The van der Waals surface area contributed by atoms with Crippen molar-refractivity contribution >= 4 is 0 Å². The molecule has 0 spiro atoms. The maximum Gasteiger partial charge on any atom is -0.0272 e. The molecule has 0 radical (unpaired) electrons. The SMILES string of the molecule is CCCC(C)CC(C)C(CCC)(CCCC(C)C)CCC(C)CC. The van der Waals surface area contributed by atoms with Crippen molar-refractivity contribution in [1.82, 2.24) is 0 Å². The molecule has 0 saturated heterocycles. The summed E-state index contributed by atoms with van der Waals surface area (Å²) in [7, 11) is 0. The second-order valence-corrected chi connectivity index (χ2v) is 9.48.